The number of likely N-dealkylation sites (N-methyl/N-ethyl adjacent to an activating group) is 1. The van der Waals surface area contributed by atoms with E-state index in [0.29, 0.717) is 6.04 Å². The molecule has 2 atom stereocenters. The summed E-state index contributed by atoms with van der Waals surface area (Å²) in [7, 11) is 2.06. The van der Waals surface area contributed by atoms with Gasteiger partial charge in [-0.1, -0.05) is 19.8 Å². The molecule has 2 heteroatoms. The van der Waals surface area contributed by atoms with Gasteiger partial charge in [0.15, 0.2) is 0 Å². The fourth-order valence-electron chi connectivity index (χ4n) is 2.34. The highest BCUT2D eigenvalue weighted by Gasteiger charge is 2.33. The molecule has 1 aliphatic rings. The summed E-state index contributed by atoms with van der Waals surface area (Å²) in [6.07, 6.45) is 6.61. The molecular formula is C13H27NO. The molecule has 0 heterocycles. The Hall–Kier alpha value is -0.0800. The van der Waals surface area contributed by atoms with Crippen molar-refractivity contribution in [2.75, 3.05) is 13.7 Å². The van der Waals surface area contributed by atoms with E-state index in [1.807, 2.05) is 0 Å². The molecule has 1 saturated carbocycles. The van der Waals surface area contributed by atoms with Gasteiger partial charge in [0.2, 0.25) is 0 Å². The first kappa shape index (κ1) is 13.0. The van der Waals surface area contributed by atoms with Crippen molar-refractivity contribution in [2.45, 2.75) is 64.5 Å². The molecule has 0 saturated heterocycles. The maximum atomic E-state index is 5.92. The van der Waals surface area contributed by atoms with E-state index in [4.69, 9.17) is 4.74 Å². The molecule has 0 bridgehead atoms. The molecule has 2 nitrogen and oxygen atoms in total. The first-order valence-corrected chi connectivity index (χ1v) is 6.47. The van der Waals surface area contributed by atoms with E-state index in [1.54, 1.807) is 0 Å². The molecule has 0 aromatic rings. The van der Waals surface area contributed by atoms with Crippen LogP contribution in [0.25, 0.3) is 0 Å². The summed E-state index contributed by atoms with van der Waals surface area (Å²) in [5.41, 5.74) is 0.0123. The Morgan fingerprint density at radius 1 is 1.40 bits per heavy atom. The Morgan fingerprint density at radius 2 is 2.07 bits per heavy atom. The van der Waals surface area contributed by atoms with Gasteiger partial charge >= 0.3 is 0 Å². The predicted molar refractivity (Wildman–Crippen MR) is 65.1 cm³/mol. The largest absolute Gasteiger partial charge is 0.374 e. The van der Waals surface area contributed by atoms with Gasteiger partial charge in [-0.15, -0.1) is 0 Å². The Bertz CT molecular complexity index is 179. The summed E-state index contributed by atoms with van der Waals surface area (Å²) in [4.78, 5) is 0. The van der Waals surface area contributed by atoms with Crippen LogP contribution < -0.4 is 5.32 Å². The number of hydrogen-bond acceptors (Lipinski definition) is 2. The zero-order valence-corrected chi connectivity index (χ0v) is 10.8. The first-order chi connectivity index (χ1) is 7.16. The van der Waals surface area contributed by atoms with Gasteiger partial charge in [-0.25, -0.2) is 0 Å². The molecule has 2 unspecified atom stereocenters. The topological polar surface area (TPSA) is 21.3 Å². The Morgan fingerprint density at radius 3 is 2.47 bits per heavy atom. The molecule has 1 N–H and O–H groups in total. The third-order valence-electron chi connectivity index (χ3n) is 3.82. The summed E-state index contributed by atoms with van der Waals surface area (Å²) < 4.78 is 5.92. The standard InChI is InChI=1S/C13H27NO/c1-5-13(3,15-6-2)12(14-4)10-9-11-7-8-11/h11-12,14H,5-10H2,1-4H3. The minimum atomic E-state index is 0.0123. The summed E-state index contributed by atoms with van der Waals surface area (Å²) in [6.45, 7) is 7.36. The van der Waals surface area contributed by atoms with Crippen molar-refractivity contribution in [1.82, 2.24) is 5.32 Å². The van der Waals surface area contributed by atoms with E-state index >= 15 is 0 Å². The number of ether oxygens (including phenoxy) is 1. The smallest absolute Gasteiger partial charge is 0.0803 e. The highest BCUT2D eigenvalue weighted by Crippen LogP contribution is 2.35. The van der Waals surface area contributed by atoms with Crippen LogP contribution in [-0.4, -0.2) is 25.3 Å². The zero-order valence-electron chi connectivity index (χ0n) is 10.8. The molecule has 1 fully saturated rings. The quantitative estimate of drug-likeness (QED) is 0.669. The predicted octanol–water partition coefficient (Wildman–Crippen LogP) is 2.97. The van der Waals surface area contributed by atoms with Crippen LogP contribution in [0.2, 0.25) is 0 Å². The van der Waals surface area contributed by atoms with Gasteiger partial charge in [0.05, 0.1) is 5.60 Å². The Balaban J connectivity index is 2.43. The van der Waals surface area contributed by atoms with Crippen molar-refractivity contribution in [3.63, 3.8) is 0 Å². The van der Waals surface area contributed by atoms with Gasteiger partial charge in [0.25, 0.3) is 0 Å². The van der Waals surface area contributed by atoms with Crippen molar-refractivity contribution in [2.24, 2.45) is 5.92 Å². The van der Waals surface area contributed by atoms with Crippen molar-refractivity contribution in [3.05, 3.63) is 0 Å². The lowest BCUT2D eigenvalue weighted by molar-refractivity contribution is -0.0559. The van der Waals surface area contributed by atoms with E-state index in [9.17, 15) is 0 Å². The van der Waals surface area contributed by atoms with Crippen molar-refractivity contribution in [3.8, 4) is 0 Å². The van der Waals surface area contributed by atoms with Crippen LogP contribution in [0.15, 0.2) is 0 Å². The second-order valence-electron chi connectivity index (χ2n) is 4.96. The number of hydrogen-bond donors (Lipinski definition) is 1. The molecule has 0 radical (unpaired) electrons. The zero-order chi connectivity index (χ0) is 11.3. The summed E-state index contributed by atoms with van der Waals surface area (Å²) in [6, 6.07) is 0.503. The van der Waals surface area contributed by atoms with Gasteiger partial charge in [-0.2, -0.15) is 0 Å². The Kier molecular flexibility index (Phi) is 5.07. The van der Waals surface area contributed by atoms with Gasteiger partial charge in [0, 0.05) is 12.6 Å². The van der Waals surface area contributed by atoms with Crippen LogP contribution in [0.1, 0.15) is 52.9 Å². The van der Waals surface area contributed by atoms with Crippen LogP contribution >= 0.6 is 0 Å². The van der Waals surface area contributed by atoms with Crippen molar-refractivity contribution >= 4 is 0 Å². The fourth-order valence-corrected chi connectivity index (χ4v) is 2.34. The van der Waals surface area contributed by atoms with E-state index in [2.05, 4.69) is 33.1 Å². The van der Waals surface area contributed by atoms with E-state index in [0.717, 1.165) is 18.9 Å². The highest BCUT2D eigenvalue weighted by molar-refractivity contribution is 4.89. The maximum Gasteiger partial charge on any atom is 0.0803 e. The fraction of sp³-hybridized carbons (Fsp3) is 1.00. The van der Waals surface area contributed by atoms with E-state index < -0.39 is 0 Å². The minimum absolute atomic E-state index is 0.0123. The summed E-state index contributed by atoms with van der Waals surface area (Å²) in [5.74, 6) is 1.02. The SMILES string of the molecule is CCOC(C)(CC)C(CCC1CC1)NC. The molecule has 0 aromatic heterocycles. The third kappa shape index (κ3) is 3.76. The molecular weight excluding hydrogens is 186 g/mol. The highest BCUT2D eigenvalue weighted by atomic mass is 16.5. The van der Waals surface area contributed by atoms with Crippen LogP contribution in [0.5, 0.6) is 0 Å². The van der Waals surface area contributed by atoms with Crippen molar-refractivity contribution in [1.29, 1.82) is 0 Å². The van der Waals surface area contributed by atoms with Crippen LogP contribution in [0.4, 0.5) is 0 Å². The van der Waals surface area contributed by atoms with E-state index in [1.165, 1.54) is 25.7 Å². The second kappa shape index (κ2) is 5.86. The molecule has 15 heavy (non-hydrogen) atoms. The van der Waals surface area contributed by atoms with Crippen LogP contribution in [-0.2, 0) is 4.74 Å². The van der Waals surface area contributed by atoms with Crippen LogP contribution in [0.3, 0.4) is 0 Å². The molecule has 0 spiro atoms. The lowest BCUT2D eigenvalue weighted by atomic mass is 9.89. The monoisotopic (exact) mass is 213 g/mol. The lowest BCUT2D eigenvalue weighted by Crippen LogP contribution is -2.49. The van der Waals surface area contributed by atoms with Gasteiger partial charge in [0.1, 0.15) is 0 Å². The van der Waals surface area contributed by atoms with Crippen LogP contribution in [0, 0.1) is 5.92 Å². The molecule has 1 aliphatic carbocycles. The summed E-state index contributed by atoms with van der Waals surface area (Å²) in [5, 5.41) is 3.44. The molecule has 1 rings (SSSR count). The Labute approximate surface area is 94.8 Å². The molecule has 0 aromatic carbocycles. The van der Waals surface area contributed by atoms with Crippen molar-refractivity contribution < 1.29 is 4.74 Å². The summed E-state index contributed by atoms with van der Waals surface area (Å²) >= 11 is 0. The third-order valence-corrected chi connectivity index (χ3v) is 3.82. The van der Waals surface area contributed by atoms with E-state index in [-0.39, 0.29) is 5.60 Å². The lowest BCUT2D eigenvalue weighted by Gasteiger charge is -2.37. The van der Waals surface area contributed by atoms with Gasteiger partial charge < -0.3 is 10.1 Å². The minimum Gasteiger partial charge on any atom is -0.374 e. The first-order valence-electron chi connectivity index (χ1n) is 6.47. The van der Waals surface area contributed by atoms with Gasteiger partial charge in [-0.3, -0.25) is 0 Å². The second-order valence-corrected chi connectivity index (χ2v) is 4.96. The van der Waals surface area contributed by atoms with Gasteiger partial charge in [-0.05, 0) is 46.1 Å². The maximum absolute atomic E-state index is 5.92. The normalized spacial score (nSPS) is 22.4. The molecule has 0 aliphatic heterocycles. The molecule has 90 valence electrons. The number of rotatable bonds is 8. The average Bonchev–Trinajstić information content (AvgIpc) is 3.03. The number of nitrogens with one attached hydrogen (secondary N) is 1. The average molecular weight is 213 g/mol. The molecule has 0 amide bonds.